The van der Waals surface area contributed by atoms with Crippen LogP contribution in [0.15, 0.2) is 29.3 Å². The lowest BCUT2D eigenvalue weighted by molar-refractivity contribution is 0.308. The quantitative estimate of drug-likeness (QED) is 0.402. The Morgan fingerprint density at radius 2 is 1.86 bits per heavy atom. The lowest BCUT2D eigenvalue weighted by Gasteiger charge is -2.19. The van der Waals surface area contributed by atoms with Gasteiger partial charge >= 0.3 is 0 Å². The maximum Gasteiger partial charge on any atom is 0.191 e. The summed E-state index contributed by atoms with van der Waals surface area (Å²) in [6, 6.07) is 7.83. The van der Waals surface area contributed by atoms with E-state index in [-0.39, 0.29) is 24.0 Å². The van der Waals surface area contributed by atoms with Crippen LogP contribution >= 0.6 is 35.6 Å². The molecule has 0 heterocycles. The summed E-state index contributed by atoms with van der Waals surface area (Å²) in [6.07, 6.45) is 0. The van der Waals surface area contributed by atoms with Gasteiger partial charge in [-0.05, 0) is 24.7 Å². The molecule has 120 valence electrons. The number of halogens is 2. The van der Waals surface area contributed by atoms with E-state index in [2.05, 4.69) is 34.4 Å². The molecular formula is C15H26ClIN4. The molecule has 0 atom stereocenters. The van der Waals surface area contributed by atoms with Crippen molar-refractivity contribution in [3.63, 3.8) is 0 Å². The zero-order chi connectivity index (χ0) is 14.8. The maximum absolute atomic E-state index is 6.13. The number of guanidine groups is 1. The Labute approximate surface area is 150 Å². The Hall–Kier alpha value is -0.530. The molecule has 0 aliphatic carbocycles. The fourth-order valence-corrected chi connectivity index (χ4v) is 2.12. The van der Waals surface area contributed by atoms with Crippen LogP contribution in [0.2, 0.25) is 5.02 Å². The molecule has 0 saturated carbocycles. The van der Waals surface area contributed by atoms with Gasteiger partial charge in [0.1, 0.15) is 0 Å². The van der Waals surface area contributed by atoms with E-state index >= 15 is 0 Å². The molecule has 0 unspecified atom stereocenters. The van der Waals surface area contributed by atoms with Crippen molar-refractivity contribution in [3.05, 3.63) is 34.9 Å². The third kappa shape index (κ3) is 7.87. The highest BCUT2D eigenvalue weighted by atomic mass is 127. The molecule has 1 aromatic rings. The first-order valence-corrected chi connectivity index (χ1v) is 7.49. The molecule has 0 bridgehead atoms. The summed E-state index contributed by atoms with van der Waals surface area (Å²) < 4.78 is 0. The first kappa shape index (κ1) is 20.5. The number of hydrogen-bond donors (Lipinski definition) is 2. The van der Waals surface area contributed by atoms with Crippen LogP contribution in [0.1, 0.15) is 19.4 Å². The second kappa shape index (κ2) is 12.1. The van der Waals surface area contributed by atoms with Gasteiger partial charge in [0.05, 0.1) is 0 Å². The minimum Gasteiger partial charge on any atom is -0.355 e. The SMILES string of the molecule is CCN(CC)CCNC(=NC)NCc1ccccc1Cl.I. The van der Waals surface area contributed by atoms with E-state index in [9.17, 15) is 0 Å². The van der Waals surface area contributed by atoms with Crippen molar-refractivity contribution >= 4 is 41.5 Å². The molecule has 0 aromatic heterocycles. The number of benzene rings is 1. The number of nitrogens with one attached hydrogen (secondary N) is 2. The highest BCUT2D eigenvalue weighted by molar-refractivity contribution is 14.0. The van der Waals surface area contributed by atoms with Crippen LogP contribution in [-0.4, -0.2) is 44.1 Å². The maximum atomic E-state index is 6.13. The van der Waals surface area contributed by atoms with Gasteiger partial charge in [-0.2, -0.15) is 0 Å². The van der Waals surface area contributed by atoms with Gasteiger partial charge in [-0.15, -0.1) is 24.0 Å². The Balaban J connectivity index is 0.00000400. The standard InChI is InChI=1S/C15H25ClN4.HI/c1-4-20(5-2)11-10-18-15(17-3)19-12-13-8-6-7-9-14(13)16;/h6-9H,4-5,10-12H2,1-3H3,(H2,17,18,19);1H. The summed E-state index contributed by atoms with van der Waals surface area (Å²) in [5, 5.41) is 7.36. The molecule has 21 heavy (non-hydrogen) atoms. The Bertz CT molecular complexity index is 422. The van der Waals surface area contributed by atoms with Crippen molar-refractivity contribution in [2.75, 3.05) is 33.2 Å². The molecule has 0 fully saturated rings. The fourth-order valence-electron chi connectivity index (χ4n) is 1.91. The highest BCUT2D eigenvalue weighted by Crippen LogP contribution is 2.13. The van der Waals surface area contributed by atoms with Gasteiger partial charge in [0.25, 0.3) is 0 Å². The van der Waals surface area contributed by atoms with Crippen LogP contribution in [-0.2, 0) is 6.54 Å². The normalized spacial score (nSPS) is 11.2. The minimum atomic E-state index is 0. The Morgan fingerprint density at radius 1 is 1.19 bits per heavy atom. The summed E-state index contributed by atoms with van der Waals surface area (Å²) in [4.78, 5) is 6.58. The molecule has 4 nitrogen and oxygen atoms in total. The highest BCUT2D eigenvalue weighted by Gasteiger charge is 2.02. The Morgan fingerprint density at radius 3 is 2.43 bits per heavy atom. The molecule has 0 radical (unpaired) electrons. The van der Waals surface area contributed by atoms with Crippen molar-refractivity contribution < 1.29 is 0 Å². The van der Waals surface area contributed by atoms with Crippen LogP contribution < -0.4 is 10.6 Å². The van der Waals surface area contributed by atoms with Gasteiger partial charge in [0.2, 0.25) is 0 Å². The number of hydrogen-bond acceptors (Lipinski definition) is 2. The monoisotopic (exact) mass is 424 g/mol. The first-order valence-electron chi connectivity index (χ1n) is 7.11. The Kier molecular flexibility index (Phi) is 11.8. The second-order valence-electron chi connectivity index (χ2n) is 4.47. The largest absolute Gasteiger partial charge is 0.355 e. The van der Waals surface area contributed by atoms with Gasteiger partial charge in [-0.3, -0.25) is 4.99 Å². The molecule has 1 rings (SSSR count). The zero-order valence-electron chi connectivity index (χ0n) is 13.0. The third-order valence-corrected chi connectivity index (χ3v) is 3.61. The van der Waals surface area contributed by atoms with Crippen molar-refractivity contribution in [2.45, 2.75) is 20.4 Å². The smallest absolute Gasteiger partial charge is 0.191 e. The predicted octanol–water partition coefficient (Wildman–Crippen LogP) is 2.96. The summed E-state index contributed by atoms with van der Waals surface area (Å²) in [7, 11) is 1.78. The minimum absolute atomic E-state index is 0. The van der Waals surface area contributed by atoms with E-state index in [4.69, 9.17) is 11.6 Å². The fraction of sp³-hybridized carbons (Fsp3) is 0.533. The van der Waals surface area contributed by atoms with Crippen LogP contribution in [0.3, 0.4) is 0 Å². The van der Waals surface area contributed by atoms with Crippen LogP contribution in [0.25, 0.3) is 0 Å². The molecule has 1 aromatic carbocycles. The van der Waals surface area contributed by atoms with E-state index in [1.54, 1.807) is 7.05 Å². The van der Waals surface area contributed by atoms with E-state index in [0.717, 1.165) is 42.7 Å². The second-order valence-corrected chi connectivity index (χ2v) is 4.88. The summed E-state index contributed by atoms with van der Waals surface area (Å²) >= 11 is 6.13. The van der Waals surface area contributed by atoms with Crippen molar-refractivity contribution in [1.29, 1.82) is 0 Å². The molecule has 0 aliphatic heterocycles. The van der Waals surface area contributed by atoms with E-state index in [1.165, 1.54) is 0 Å². The molecule has 0 aliphatic rings. The van der Waals surface area contributed by atoms with Crippen molar-refractivity contribution in [2.24, 2.45) is 4.99 Å². The van der Waals surface area contributed by atoms with Gasteiger partial charge in [0, 0.05) is 31.7 Å². The number of nitrogens with zero attached hydrogens (tertiary/aromatic N) is 2. The number of aliphatic imine (C=N–C) groups is 1. The summed E-state index contributed by atoms with van der Waals surface area (Å²) in [5.41, 5.74) is 1.07. The predicted molar refractivity (Wildman–Crippen MR) is 103 cm³/mol. The van der Waals surface area contributed by atoms with Crippen LogP contribution in [0, 0.1) is 0 Å². The van der Waals surface area contributed by atoms with E-state index in [0.29, 0.717) is 6.54 Å². The molecule has 0 amide bonds. The number of likely N-dealkylation sites (N-methyl/N-ethyl adjacent to an activating group) is 1. The first-order chi connectivity index (χ1) is 9.71. The van der Waals surface area contributed by atoms with Gasteiger partial charge in [-0.1, -0.05) is 43.6 Å². The average Bonchev–Trinajstić information content (AvgIpc) is 2.48. The van der Waals surface area contributed by atoms with Crippen LogP contribution in [0.5, 0.6) is 0 Å². The van der Waals surface area contributed by atoms with Gasteiger partial charge < -0.3 is 15.5 Å². The van der Waals surface area contributed by atoms with E-state index < -0.39 is 0 Å². The van der Waals surface area contributed by atoms with Crippen LogP contribution in [0.4, 0.5) is 0 Å². The van der Waals surface area contributed by atoms with Crippen molar-refractivity contribution in [1.82, 2.24) is 15.5 Å². The summed E-state index contributed by atoms with van der Waals surface area (Å²) in [6.45, 7) is 9.06. The lowest BCUT2D eigenvalue weighted by atomic mass is 10.2. The van der Waals surface area contributed by atoms with Gasteiger partial charge in [-0.25, -0.2) is 0 Å². The molecule has 2 N–H and O–H groups in total. The topological polar surface area (TPSA) is 39.7 Å². The molecule has 0 spiro atoms. The lowest BCUT2D eigenvalue weighted by Crippen LogP contribution is -2.41. The summed E-state index contributed by atoms with van der Waals surface area (Å²) in [5.74, 6) is 0.803. The molecule has 6 heteroatoms. The van der Waals surface area contributed by atoms with E-state index in [1.807, 2.05) is 24.3 Å². The van der Waals surface area contributed by atoms with Gasteiger partial charge in [0.15, 0.2) is 5.96 Å². The molecular weight excluding hydrogens is 399 g/mol. The average molecular weight is 425 g/mol. The van der Waals surface area contributed by atoms with Crippen molar-refractivity contribution in [3.8, 4) is 0 Å². The zero-order valence-corrected chi connectivity index (χ0v) is 16.1. The third-order valence-electron chi connectivity index (χ3n) is 3.24. The molecule has 0 saturated heterocycles. The number of rotatable bonds is 7.